The maximum atomic E-state index is 14.6. The number of rotatable bonds is 14. The zero-order valence-electron chi connectivity index (χ0n) is 26.8. The van der Waals surface area contributed by atoms with Crippen molar-refractivity contribution >= 4 is 27.5 Å². The SMILES string of the molecule is COc1cccc(CN(C(=O)CN(c2cccc(OC)c2)S(=O)(=O)c2ccc(C)cc2)C(Cc2ccccc2)C(=O)NC(C)C)c1. The fourth-order valence-corrected chi connectivity index (χ4v) is 6.44. The highest BCUT2D eigenvalue weighted by molar-refractivity contribution is 7.92. The van der Waals surface area contributed by atoms with Crippen LogP contribution in [0.2, 0.25) is 0 Å². The summed E-state index contributed by atoms with van der Waals surface area (Å²) < 4.78 is 40.3. The third-order valence-electron chi connectivity index (χ3n) is 7.42. The lowest BCUT2D eigenvalue weighted by molar-refractivity contribution is -0.140. The van der Waals surface area contributed by atoms with Crippen LogP contribution in [0.15, 0.2) is 108 Å². The molecule has 0 aliphatic carbocycles. The largest absolute Gasteiger partial charge is 0.497 e. The molecule has 46 heavy (non-hydrogen) atoms. The van der Waals surface area contributed by atoms with Crippen LogP contribution in [0.3, 0.4) is 0 Å². The first-order valence-electron chi connectivity index (χ1n) is 15.0. The van der Waals surface area contributed by atoms with E-state index in [9.17, 15) is 18.0 Å². The highest BCUT2D eigenvalue weighted by Gasteiger charge is 2.35. The second kappa shape index (κ2) is 15.4. The zero-order valence-corrected chi connectivity index (χ0v) is 27.7. The van der Waals surface area contributed by atoms with E-state index in [0.717, 1.165) is 21.0 Å². The summed E-state index contributed by atoms with van der Waals surface area (Å²) in [4.78, 5) is 29.9. The lowest BCUT2D eigenvalue weighted by Crippen LogP contribution is -2.54. The maximum absolute atomic E-state index is 14.6. The van der Waals surface area contributed by atoms with E-state index >= 15 is 0 Å². The van der Waals surface area contributed by atoms with Crippen LogP contribution in [0.1, 0.15) is 30.5 Å². The molecule has 242 valence electrons. The average molecular weight is 644 g/mol. The fourth-order valence-electron chi connectivity index (χ4n) is 5.03. The van der Waals surface area contributed by atoms with E-state index in [1.165, 1.54) is 24.1 Å². The van der Waals surface area contributed by atoms with Gasteiger partial charge in [-0.3, -0.25) is 13.9 Å². The lowest BCUT2D eigenvalue weighted by Gasteiger charge is -2.34. The Hall–Kier alpha value is -4.83. The Bertz CT molecular complexity index is 1730. The van der Waals surface area contributed by atoms with E-state index in [-0.39, 0.29) is 35.5 Å². The Labute approximate surface area is 271 Å². The molecule has 1 N–H and O–H groups in total. The second-order valence-corrected chi connectivity index (χ2v) is 13.1. The van der Waals surface area contributed by atoms with Crippen molar-refractivity contribution in [2.45, 2.75) is 50.7 Å². The van der Waals surface area contributed by atoms with Gasteiger partial charge in [0, 0.05) is 25.1 Å². The molecule has 0 radical (unpaired) electrons. The third kappa shape index (κ3) is 8.66. The molecule has 0 saturated carbocycles. The topological polar surface area (TPSA) is 105 Å². The van der Waals surface area contributed by atoms with E-state index in [1.54, 1.807) is 55.6 Å². The first-order valence-corrected chi connectivity index (χ1v) is 16.5. The minimum Gasteiger partial charge on any atom is -0.497 e. The summed E-state index contributed by atoms with van der Waals surface area (Å²) in [6.45, 7) is 5.04. The third-order valence-corrected chi connectivity index (χ3v) is 9.21. The van der Waals surface area contributed by atoms with Crippen LogP contribution in [0.5, 0.6) is 11.5 Å². The van der Waals surface area contributed by atoms with Gasteiger partial charge in [0.1, 0.15) is 24.1 Å². The smallest absolute Gasteiger partial charge is 0.264 e. The van der Waals surface area contributed by atoms with E-state index < -0.39 is 28.5 Å². The van der Waals surface area contributed by atoms with E-state index in [2.05, 4.69) is 5.32 Å². The molecule has 1 atom stereocenters. The molecule has 0 spiro atoms. The minimum atomic E-state index is -4.22. The number of hydrogen-bond acceptors (Lipinski definition) is 6. The summed E-state index contributed by atoms with van der Waals surface area (Å²) in [5.74, 6) is 0.127. The van der Waals surface area contributed by atoms with Gasteiger partial charge in [0.2, 0.25) is 11.8 Å². The lowest BCUT2D eigenvalue weighted by atomic mass is 10.0. The second-order valence-electron chi connectivity index (χ2n) is 11.3. The predicted octanol–water partition coefficient (Wildman–Crippen LogP) is 5.37. The highest BCUT2D eigenvalue weighted by atomic mass is 32.2. The van der Waals surface area contributed by atoms with Gasteiger partial charge in [-0.25, -0.2) is 8.42 Å². The van der Waals surface area contributed by atoms with Crippen LogP contribution in [0, 0.1) is 6.92 Å². The molecular formula is C36H41N3O6S. The molecule has 0 aliphatic rings. The summed E-state index contributed by atoms with van der Waals surface area (Å²) in [5.41, 5.74) is 2.72. The number of carbonyl (C=O) groups excluding carboxylic acids is 2. The molecule has 9 nitrogen and oxygen atoms in total. The van der Waals surface area contributed by atoms with Crippen molar-refractivity contribution in [3.8, 4) is 11.5 Å². The molecule has 1 unspecified atom stereocenters. The van der Waals surface area contributed by atoms with Crippen molar-refractivity contribution < 1.29 is 27.5 Å². The fraction of sp³-hybridized carbons (Fsp3) is 0.278. The quantitative estimate of drug-likeness (QED) is 0.198. The number of sulfonamides is 1. The number of ether oxygens (including phenoxy) is 2. The number of aryl methyl sites for hydroxylation is 1. The molecule has 4 rings (SSSR count). The van der Waals surface area contributed by atoms with Crippen LogP contribution in [-0.2, 0) is 32.6 Å². The Balaban J connectivity index is 1.83. The van der Waals surface area contributed by atoms with Crippen molar-refractivity contribution in [2.24, 2.45) is 0 Å². The molecule has 0 fully saturated rings. The molecule has 0 heterocycles. The zero-order chi connectivity index (χ0) is 33.3. The van der Waals surface area contributed by atoms with Crippen LogP contribution in [0.25, 0.3) is 0 Å². The van der Waals surface area contributed by atoms with Crippen molar-refractivity contribution in [3.63, 3.8) is 0 Å². The number of amides is 2. The summed E-state index contributed by atoms with van der Waals surface area (Å²) in [7, 11) is -1.18. The number of anilines is 1. The average Bonchev–Trinajstić information content (AvgIpc) is 3.05. The number of methoxy groups -OCH3 is 2. The van der Waals surface area contributed by atoms with Gasteiger partial charge in [-0.15, -0.1) is 0 Å². The number of benzene rings is 4. The van der Waals surface area contributed by atoms with Crippen LogP contribution in [0.4, 0.5) is 5.69 Å². The summed E-state index contributed by atoms with van der Waals surface area (Å²) in [6, 6.07) is 28.5. The number of carbonyl (C=O) groups is 2. The Morgan fingerprint density at radius 2 is 1.39 bits per heavy atom. The normalized spacial score (nSPS) is 11.9. The van der Waals surface area contributed by atoms with Crippen molar-refractivity contribution in [3.05, 3.63) is 120 Å². The van der Waals surface area contributed by atoms with Gasteiger partial charge < -0.3 is 19.7 Å². The monoisotopic (exact) mass is 643 g/mol. The van der Waals surface area contributed by atoms with E-state index in [1.807, 2.05) is 63.2 Å². The van der Waals surface area contributed by atoms with Gasteiger partial charge in [-0.2, -0.15) is 0 Å². The summed E-state index contributed by atoms with van der Waals surface area (Å²) in [5, 5.41) is 2.96. The van der Waals surface area contributed by atoms with E-state index in [4.69, 9.17) is 9.47 Å². The maximum Gasteiger partial charge on any atom is 0.264 e. The molecule has 10 heteroatoms. The summed E-state index contributed by atoms with van der Waals surface area (Å²) in [6.07, 6.45) is 0.221. The molecule has 0 bridgehead atoms. The molecular weight excluding hydrogens is 602 g/mol. The Morgan fingerprint density at radius 1 is 0.783 bits per heavy atom. The van der Waals surface area contributed by atoms with Gasteiger partial charge in [0.05, 0.1) is 24.8 Å². The number of nitrogens with one attached hydrogen (secondary N) is 1. The molecule has 0 saturated heterocycles. The van der Waals surface area contributed by atoms with Crippen LogP contribution >= 0.6 is 0 Å². The molecule has 4 aromatic carbocycles. The van der Waals surface area contributed by atoms with E-state index in [0.29, 0.717) is 11.5 Å². The van der Waals surface area contributed by atoms with Gasteiger partial charge in [0.15, 0.2) is 0 Å². The van der Waals surface area contributed by atoms with Crippen molar-refractivity contribution in [1.82, 2.24) is 10.2 Å². The van der Waals surface area contributed by atoms with Gasteiger partial charge in [0.25, 0.3) is 10.0 Å². The predicted molar refractivity (Wildman–Crippen MR) is 179 cm³/mol. The Morgan fingerprint density at radius 3 is 2.02 bits per heavy atom. The molecule has 2 amide bonds. The van der Waals surface area contributed by atoms with Crippen LogP contribution < -0.4 is 19.1 Å². The van der Waals surface area contributed by atoms with Gasteiger partial charge >= 0.3 is 0 Å². The first kappa shape index (κ1) is 34.1. The first-order chi connectivity index (χ1) is 22.0. The van der Waals surface area contributed by atoms with Gasteiger partial charge in [-0.05, 0) is 68.3 Å². The standard InChI is InChI=1S/C36H41N3O6S/c1-26(2)37-36(41)34(22-28-11-7-6-8-12-28)38(24-29-13-9-15-31(21-29)44-4)35(40)25-39(30-14-10-16-32(23-30)45-5)46(42,43)33-19-17-27(3)18-20-33/h6-21,23,26,34H,22,24-25H2,1-5H3,(H,37,41). The highest BCUT2D eigenvalue weighted by Crippen LogP contribution is 2.28. The van der Waals surface area contributed by atoms with Crippen LogP contribution in [-0.4, -0.2) is 58.0 Å². The molecule has 4 aromatic rings. The Kier molecular flexibility index (Phi) is 11.4. The number of hydrogen-bond donors (Lipinski definition) is 1. The van der Waals surface area contributed by atoms with Crippen molar-refractivity contribution in [2.75, 3.05) is 25.1 Å². The van der Waals surface area contributed by atoms with Gasteiger partial charge in [-0.1, -0.05) is 66.2 Å². The molecule has 0 aromatic heterocycles. The van der Waals surface area contributed by atoms with Crippen molar-refractivity contribution in [1.29, 1.82) is 0 Å². The molecule has 0 aliphatic heterocycles. The number of nitrogens with zero attached hydrogens (tertiary/aromatic N) is 2. The summed E-state index contributed by atoms with van der Waals surface area (Å²) >= 11 is 0. The minimum absolute atomic E-state index is 0.0338.